The van der Waals surface area contributed by atoms with Crippen molar-refractivity contribution in [1.82, 2.24) is 20.4 Å². The predicted molar refractivity (Wildman–Crippen MR) is 98.8 cm³/mol. The maximum atomic E-state index is 12.5. The summed E-state index contributed by atoms with van der Waals surface area (Å²) >= 11 is 1.78. The number of thioether (sulfide) groups is 1. The molecule has 0 saturated carbocycles. The molecular weight excluding hydrogens is 357 g/mol. The summed E-state index contributed by atoms with van der Waals surface area (Å²) in [5, 5.41) is 11.4. The van der Waals surface area contributed by atoms with Gasteiger partial charge in [-0.2, -0.15) is 5.10 Å². The SMILES string of the molecule is CN(C(=O)C1CSCN1)C1CCCN(c2cccnn2)C1.Cl.Cl. The fourth-order valence-electron chi connectivity index (χ4n) is 2.92. The number of carbonyl (C=O) groups excluding carboxylic acids is 1. The maximum absolute atomic E-state index is 12.5. The Kier molecular flexibility index (Phi) is 8.39. The molecule has 0 aromatic carbocycles. The number of rotatable bonds is 3. The molecule has 1 aromatic heterocycles. The van der Waals surface area contributed by atoms with E-state index < -0.39 is 0 Å². The highest BCUT2D eigenvalue weighted by atomic mass is 35.5. The maximum Gasteiger partial charge on any atom is 0.240 e. The Balaban J connectivity index is 0.00000132. The Hall–Kier alpha value is -0.760. The van der Waals surface area contributed by atoms with Gasteiger partial charge in [-0.3, -0.25) is 10.1 Å². The second-order valence-electron chi connectivity index (χ2n) is 5.54. The van der Waals surface area contributed by atoms with E-state index in [1.54, 1.807) is 18.0 Å². The van der Waals surface area contributed by atoms with Crippen molar-refractivity contribution >= 4 is 48.3 Å². The number of piperidine rings is 1. The van der Waals surface area contributed by atoms with Crippen molar-refractivity contribution in [3.8, 4) is 0 Å². The number of anilines is 1. The molecule has 0 radical (unpaired) electrons. The van der Waals surface area contributed by atoms with Crippen LogP contribution < -0.4 is 10.2 Å². The molecule has 3 heterocycles. The summed E-state index contributed by atoms with van der Waals surface area (Å²) in [6.07, 6.45) is 3.81. The van der Waals surface area contributed by atoms with Crippen molar-refractivity contribution in [2.75, 3.05) is 36.7 Å². The van der Waals surface area contributed by atoms with Crippen LogP contribution in [0.4, 0.5) is 5.82 Å². The van der Waals surface area contributed by atoms with Crippen molar-refractivity contribution in [2.45, 2.75) is 24.9 Å². The number of aromatic nitrogens is 2. The second kappa shape index (κ2) is 9.52. The predicted octanol–water partition coefficient (Wildman–Crippen LogP) is 1.41. The molecule has 1 N–H and O–H groups in total. The average molecular weight is 380 g/mol. The van der Waals surface area contributed by atoms with E-state index in [-0.39, 0.29) is 42.8 Å². The van der Waals surface area contributed by atoms with Crippen LogP contribution in [0.25, 0.3) is 0 Å². The Morgan fingerprint density at radius 2 is 2.30 bits per heavy atom. The first-order valence-electron chi connectivity index (χ1n) is 7.36. The van der Waals surface area contributed by atoms with E-state index in [0.717, 1.165) is 43.4 Å². The zero-order chi connectivity index (χ0) is 14.7. The number of nitrogens with one attached hydrogen (secondary N) is 1. The molecule has 130 valence electrons. The van der Waals surface area contributed by atoms with Crippen LogP contribution in [0, 0.1) is 0 Å². The Morgan fingerprint density at radius 1 is 1.48 bits per heavy atom. The molecule has 2 aliphatic rings. The lowest BCUT2D eigenvalue weighted by Gasteiger charge is -2.38. The van der Waals surface area contributed by atoms with Gasteiger partial charge in [0.25, 0.3) is 0 Å². The third-order valence-corrected chi connectivity index (χ3v) is 5.13. The van der Waals surface area contributed by atoms with E-state index in [1.165, 1.54) is 0 Å². The minimum Gasteiger partial charge on any atom is -0.353 e. The molecule has 2 atom stereocenters. The quantitative estimate of drug-likeness (QED) is 0.856. The lowest BCUT2D eigenvalue weighted by Crippen LogP contribution is -2.53. The van der Waals surface area contributed by atoms with Crippen molar-refractivity contribution in [2.24, 2.45) is 0 Å². The van der Waals surface area contributed by atoms with Gasteiger partial charge in [-0.05, 0) is 25.0 Å². The summed E-state index contributed by atoms with van der Waals surface area (Å²) in [4.78, 5) is 16.6. The largest absolute Gasteiger partial charge is 0.353 e. The highest BCUT2D eigenvalue weighted by molar-refractivity contribution is 7.99. The van der Waals surface area contributed by atoms with Gasteiger partial charge in [0.05, 0.1) is 6.04 Å². The van der Waals surface area contributed by atoms with Crippen molar-refractivity contribution in [1.29, 1.82) is 0 Å². The van der Waals surface area contributed by atoms with Gasteiger partial charge in [0, 0.05) is 44.0 Å². The van der Waals surface area contributed by atoms with E-state index in [9.17, 15) is 4.79 Å². The van der Waals surface area contributed by atoms with Gasteiger partial charge < -0.3 is 9.80 Å². The standard InChI is InChI=1S/C14H21N5OS.2ClH/c1-18(14(20)12-9-21-10-15-12)11-4-3-7-19(8-11)13-5-2-6-16-17-13;;/h2,5-6,11-12,15H,3-4,7-10H2,1H3;2*1H. The van der Waals surface area contributed by atoms with E-state index in [2.05, 4.69) is 20.4 Å². The molecule has 0 spiro atoms. The minimum absolute atomic E-state index is 0. The van der Waals surface area contributed by atoms with E-state index >= 15 is 0 Å². The number of nitrogens with zero attached hydrogens (tertiary/aromatic N) is 4. The molecule has 0 bridgehead atoms. The molecule has 1 aromatic rings. The first kappa shape index (κ1) is 20.3. The molecule has 1 amide bonds. The Bertz CT molecular complexity index is 489. The third kappa shape index (κ3) is 4.86. The molecule has 6 nitrogen and oxygen atoms in total. The van der Waals surface area contributed by atoms with E-state index in [1.807, 2.05) is 24.1 Å². The van der Waals surface area contributed by atoms with E-state index in [4.69, 9.17) is 0 Å². The molecule has 23 heavy (non-hydrogen) atoms. The lowest BCUT2D eigenvalue weighted by atomic mass is 10.0. The van der Waals surface area contributed by atoms with Crippen LogP contribution in [0.15, 0.2) is 18.3 Å². The van der Waals surface area contributed by atoms with Gasteiger partial charge in [0.2, 0.25) is 5.91 Å². The normalized spacial score (nSPS) is 23.6. The zero-order valence-electron chi connectivity index (χ0n) is 13.1. The average Bonchev–Trinajstić information content (AvgIpc) is 3.09. The minimum atomic E-state index is -0.0214. The van der Waals surface area contributed by atoms with Crippen molar-refractivity contribution in [3.63, 3.8) is 0 Å². The molecule has 2 unspecified atom stereocenters. The molecule has 0 aliphatic carbocycles. The second-order valence-corrected chi connectivity index (χ2v) is 6.58. The van der Waals surface area contributed by atoms with Gasteiger partial charge in [-0.25, -0.2) is 0 Å². The summed E-state index contributed by atoms with van der Waals surface area (Å²) in [7, 11) is 1.93. The number of hydrogen-bond donors (Lipinski definition) is 1. The first-order chi connectivity index (χ1) is 10.3. The summed E-state index contributed by atoms with van der Waals surface area (Å²) in [5.41, 5.74) is 0. The molecular formula is C14H23Cl2N5OS. The van der Waals surface area contributed by atoms with E-state index in [0.29, 0.717) is 0 Å². The first-order valence-corrected chi connectivity index (χ1v) is 8.51. The van der Waals surface area contributed by atoms with Crippen molar-refractivity contribution in [3.05, 3.63) is 18.3 Å². The number of amides is 1. The van der Waals surface area contributed by atoms with Crippen LogP contribution in [0.5, 0.6) is 0 Å². The van der Waals surface area contributed by atoms with Gasteiger partial charge >= 0.3 is 0 Å². The fraction of sp³-hybridized carbons (Fsp3) is 0.643. The summed E-state index contributed by atoms with van der Waals surface area (Å²) < 4.78 is 0. The molecule has 2 aliphatic heterocycles. The van der Waals surface area contributed by atoms with Crippen LogP contribution in [-0.4, -0.2) is 64.9 Å². The van der Waals surface area contributed by atoms with Crippen LogP contribution in [0.2, 0.25) is 0 Å². The number of hydrogen-bond acceptors (Lipinski definition) is 6. The highest BCUT2D eigenvalue weighted by Gasteiger charge is 2.31. The fourth-order valence-corrected chi connectivity index (χ4v) is 3.85. The molecule has 2 saturated heterocycles. The zero-order valence-corrected chi connectivity index (χ0v) is 15.5. The third-order valence-electron chi connectivity index (χ3n) is 4.19. The molecule has 2 fully saturated rings. The lowest BCUT2D eigenvalue weighted by molar-refractivity contribution is -0.133. The number of carbonyl (C=O) groups is 1. The monoisotopic (exact) mass is 379 g/mol. The molecule has 3 rings (SSSR count). The number of halogens is 2. The van der Waals surface area contributed by atoms with Crippen LogP contribution in [0.1, 0.15) is 12.8 Å². The highest BCUT2D eigenvalue weighted by Crippen LogP contribution is 2.21. The summed E-state index contributed by atoms with van der Waals surface area (Å²) in [5.74, 6) is 2.87. The Morgan fingerprint density at radius 3 is 2.96 bits per heavy atom. The Labute approximate surface area is 153 Å². The summed E-state index contributed by atoms with van der Waals surface area (Å²) in [6, 6.07) is 4.11. The topological polar surface area (TPSA) is 61.4 Å². The molecule has 9 heteroatoms. The van der Waals surface area contributed by atoms with Gasteiger partial charge in [0.15, 0.2) is 5.82 Å². The van der Waals surface area contributed by atoms with Crippen LogP contribution in [0.3, 0.4) is 0 Å². The van der Waals surface area contributed by atoms with Crippen molar-refractivity contribution < 1.29 is 4.79 Å². The van der Waals surface area contributed by atoms with Gasteiger partial charge in [0.1, 0.15) is 0 Å². The van der Waals surface area contributed by atoms with Gasteiger partial charge in [-0.1, -0.05) is 0 Å². The summed E-state index contributed by atoms with van der Waals surface area (Å²) in [6.45, 7) is 1.82. The number of likely N-dealkylation sites (N-methyl/N-ethyl adjacent to an activating group) is 1. The van der Waals surface area contributed by atoms with Crippen LogP contribution in [-0.2, 0) is 4.79 Å². The van der Waals surface area contributed by atoms with Crippen LogP contribution >= 0.6 is 36.6 Å². The van der Waals surface area contributed by atoms with Gasteiger partial charge in [-0.15, -0.1) is 41.7 Å². The smallest absolute Gasteiger partial charge is 0.240 e.